The lowest BCUT2D eigenvalue weighted by atomic mass is 10.1. The van der Waals surface area contributed by atoms with E-state index in [9.17, 15) is 0 Å². The third-order valence-electron chi connectivity index (χ3n) is 2.71. The molecule has 88 valence electrons. The first-order chi connectivity index (χ1) is 7.76. The van der Waals surface area contributed by atoms with Gasteiger partial charge in [0.25, 0.3) is 0 Å². The molecule has 1 N–H and O–H groups in total. The molecule has 0 fully saturated rings. The Bertz CT molecular complexity index is 375. The monoisotopic (exact) mass is 223 g/mol. The summed E-state index contributed by atoms with van der Waals surface area (Å²) in [6, 6.07) is 3.97. The molecule has 0 aromatic heterocycles. The number of hydrogen-bond donors (Lipinski definition) is 1. The van der Waals surface area contributed by atoms with Crippen molar-refractivity contribution in [3.05, 3.63) is 23.3 Å². The number of methoxy groups -OCH3 is 1. The van der Waals surface area contributed by atoms with Crippen LogP contribution in [0.25, 0.3) is 0 Å². The SMILES string of the molecule is CNC(OC)c1cc2c(cc1C)OCCO2. The van der Waals surface area contributed by atoms with E-state index in [0.29, 0.717) is 13.2 Å². The second-order valence-corrected chi connectivity index (χ2v) is 3.76. The molecule has 1 atom stereocenters. The largest absolute Gasteiger partial charge is 0.486 e. The molecule has 1 aliphatic rings. The van der Waals surface area contributed by atoms with Crippen LogP contribution < -0.4 is 14.8 Å². The summed E-state index contributed by atoms with van der Waals surface area (Å²) in [4.78, 5) is 0. The molecule has 1 aromatic carbocycles. The third kappa shape index (κ3) is 1.99. The van der Waals surface area contributed by atoms with Crippen LogP contribution in [0.3, 0.4) is 0 Å². The number of hydrogen-bond acceptors (Lipinski definition) is 4. The number of nitrogens with one attached hydrogen (secondary N) is 1. The molecule has 0 saturated heterocycles. The average molecular weight is 223 g/mol. The molecule has 0 bridgehead atoms. The van der Waals surface area contributed by atoms with Gasteiger partial charge < -0.3 is 14.2 Å². The molecule has 0 saturated carbocycles. The first kappa shape index (κ1) is 11.2. The second kappa shape index (κ2) is 4.72. The van der Waals surface area contributed by atoms with Crippen LogP contribution in [-0.2, 0) is 4.74 Å². The molecular weight excluding hydrogens is 206 g/mol. The lowest BCUT2D eigenvalue weighted by Gasteiger charge is -2.23. The summed E-state index contributed by atoms with van der Waals surface area (Å²) in [6.07, 6.45) is -0.115. The van der Waals surface area contributed by atoms with Crippen LogP contribution in [0.5, 0.6) is 11.5 Å². The van der Waals surface area contributed by atoms with E-state index in [4.69, 9.17) is 14.2 Å². The Morgan fingerprint density at radius 3 is 2.44 bits per heavy atom. The van der Waals surface area contributed by atoms with Crippen molar-refractivity contribution >= 4 is 0 Å². The molecule has 0 amide bonds. The quantitative estimate of drug-likeness (QED) is 0.791. The van der Waals surface area contributed by atoms with Gasteiger partial charge in [0.2, 0.25) is 0 Å². The predicted molar refractivity (Wildman–Crippen MR) is 61.0 cm³/mol. The van der Waals surface area contributed by atoms with Crippen molar-refractivity contribution in [2.24, 2.45) is 0 Å². The molecule has 1 aliphatic heterocycles. The molecule has 16 heavy (non-hydrogen) atoms. The van der Waals surface area contributed by atoms with Gasteiger partial charge in [0.05, 0.1) is 0 Å². The zero-order valence-corrected chi connectivity index (χ0v) is 9.87. The highest BCUT2D eigenvalue weighted by molar-refractivity contribution is 5.48. The highest BCUT2D eigenvalue weighted by Gasteiger charge is 2.18. The number of ether oxygens (including phenoxy) is 3. The van der Waals surface area contributed by atoms with Gasteiger partial charge in [0.1, 0.15) is 19.4 Å². The van der Waals surface area contributed by atoms with Crippen LogP contribution in [0, 0.1) is 6.92 Å². The third-order valence-corrected chi connectivity index (χ3v) is 2.71. The fourth-order valence-electron chi connectivity index (χ4n) is 1.89. The highest BCUT2D eigenvalue weighted by Crippen LogP contribution is 2.35. The number of benzene rings is 1. The van der Waals surface area contributed by atoms with Gasteiger partial charge in [-0.2, -0.15) is 0 Å². The molecule has 0 aliphatic carbocycles. The van der Waals surface area contributed by atoms with E-state index in [-0.39, 0.29) is 6.23 Å². The van der Waals surface area contributed by atoms with E-state index >= 15 is 0 Å². The van der Waals surface area contributed by atoms with Gasteiger partial charge in [0.15, 0.2) is 11.5 Å². The minimum absolute atomic E-state index is 0.115. The zero-order valence-electron chi connectivity index (χ0n) is 9.87. The van der Waals surface area contributed by atoms with Crippen molar-refractivity contribution in [2.45, 2.75) is 13.2 Å². The number of fused-ring (bicyclic) bond motifs is 1. The van der Waals surface area contributed by atoms with Crippen molar-refractivity contribution < 1.29 is 14.2 Å². The van der Waals surface area contributed by atoms with Gasteiger partial charge in [-0.25, -0.2) is 0 Å². The minimum Gasteiger partial charge on any atom is -0.486 e. The van der Waals surface area contributed by atoms with Crippen LogP contribution in [0.1, 0.15) is 17.4 Å². The second-order valence-electron chi connectivity index (χ2n) is 3.76. The Hall–Kier alpha value is -1.26. The van der Waals surface area contributed by atoms with Crippen molar-refractivity contribution in [3.8, 4) is 11.5 Å². The van der Waals surface area contributed by atoms with E-state index in [1.807, 2.05) is 26.1 Å². The minimum atomic E-state index is -0.115. The summed E-state index contributed by atoms with van der Waals surface area (Å²) in [6.45, 7) is 3.26. The maximum Gasteiger partial charge on any atom is 0.161 e. The zero-order chi connectivity index (χ0) is 11.5. The molecule has 0 radical (unpaired) electrons. The van der Waals surface area contributed by atoms with Gasteiger partial charge >= 0.3 is 0 Å². The Morgan fingerprint density at radius 2 is 1.88 bits per heavy atom. The van der Waals surface area contributed by atoms with Crippen molar-refractivity contribution in [2.75, 3.05) is 27.4 Å². The van der Waals surface area contributed by atoms with Gasteiger partial charge in [-0.1, -0.05) is 0 Å². The summed E-state index contributed by atoms with van der Waals surface area (Å²) >= 11 is 0. The maximum atomic E-state index is 5.55. The molecule has 2 rings (SSSR count). The topological polar surface area (TPSA) is 39.7 Å². The van der Waals surface area contributed by atoms with Crippen LogP contribution in [0.4, 0.5) is 0 Å². The molecule has 4 heteroatoms. The van der Waals surface area contributed by atoms with Gasteiger partial charge in [0, 0.05) is 12.7 Å². The normalized spacial score (nSPS) is 15.9. The summed E-state index contributed by atoms with van der Waals surface area (Å²) in [5.74, 6) is 1.61. The van der Waals surface area contributed by atoms with E-state index in [1.54, 1.807) is 7.11 Å². The summed E-state index contributed by atoms with van der Waals surface area (Å²) in [5, 5.41) is 3.10. The first-order valence-corrected chi connectivity index (χ1v) is 5.36. The molecule has 0 spiro atoms. The lowest BCUT2D eigenvalue weighted by molar-refractivity contribution is 0.0796. The van der Waals surface area contributed by atoms with Crippen molar-refractivity contribution in [1.29, 1.82) is 0 Å². The lowest BCUT2D eigenvalue weighted by Crippen LogP contribution is -2.21. The molecule has 1 aromatic rings. The summed E-state index contributed by atoms with van der Waals surface area (Å²) in [5.41, 5.74) is 2.21. The number of rotatable bonds is 3. The molecule has 4 nitrogen and oxygen atoms in total. The van der Waals surface area contributed by atoms with E-state index < -0.39 is 0 Å². The van der Waals surface area contributed by atoms with Gasteiger partial charge in [-0.15, -0.1) is 0 Å². The summed E-state index contributed by atoms with van der Waals surface area (Å²) in [7, 11) is 3.54. The van der Waals surface area contributed by atoms with Gasteiger partial charge in [-0.3, -0.25) is 5.32 Å². The van der Waals surface area contributed by atoms with Crippen molar-refractivity contribution in [3.63, 3.8) is 0 Å². The van der Waals surface area contributed by atoms with Crippen molar-refractivity contribution in [1.82, 2.24) is 5.32 Å². The molecule has 1 heterocycles. The van der Waals surface area contributed by atoms with E-state index in [1.165, 1.54) is 0 Å². The predicted octanol–water partition coefficient (Wildman–Crippen LogP) is 1.63. The summed E-state index contributed by atoms with van der Waals surface area (Å²) < 4.78 is 16.4. The Balaban J connectivity index is 2.38. The van der Waals surface area contributed by atoms with Crippen LogP contribution in [-0.4, -0.2) is 27.4 Å². The molecule has 1 unspecified atom stereocenters. The number of aryl methyl sites for hydroxylation is 1. The van der Waals surface area contributed by atoms with Crippen LogP contribution >= 0.6 is 0 Å². The van der Waals surface area contributed by atoms with Crippen LogP contribution in [0.2, 0.25) is 0 Å². The maximum absolute atomic E-state index is 5.55. The smallest absolute Gasteiger partial charge is 0.161 e. The Labute approximate surface area is 95.5 Å². The Kier molecular flexibility index (Phi) is 3.31. The van der Waals surface area contributed by atoms with Gasteiger partial charge in [-0.05, 0) is 31.7 Å². The van der Waals surface area contributed by atoms with E-state index in [2.05, 4.69) is 5.32 Å². The fraction of sp³-hybridized carbons (Fsp3) is 0.500. The first-order valence-electron chi connectivity index (χ1n) is 5.36. The molecular formula is C12H17NO3. The van der Waals surface area contributed by atoms with E-state index in [0.717, 1.165) is 22.6 Å². The standard InChI is InChI=1S/C12H17NO3/c1-8-6-10-11(16-5-4-15-10)7-9(8)12(13-2)14-3/h6-7,12-13H,4-5H2,1-3H3. The fourth-order valence-corrected chi connectivity index (χ4v) is 1.89. The van der Waals surface area contributed by atoms with Crippen LogP contribution in [0.15, 0.2) is 12.1 Å². The average Bonchev–Trinajstić information content (AvgIpc) is 2.31. The Morgan fingerprint density at radius 1 is 1.25 bits per heavy atom. The highest BCUT2D eigenvalue weighted by atomic mass is 16.6.